The fourth-order valence-corrected chi connectivity index (χ4v) is 6.39. The van der Waals surface area contributed by atoms with Gasteiger partial charge in [-0.2, -0.15) is 0 Å². The van der Waals surface area contributed by atoms with Gasteiger partial charge in [0.15, 0.2) is 0 Å². The van der Waals surface area contributed by atoms with Crippen LogP contribution < -0.4 is 0 Å². The summed E-state index contributed by atoms with van der Waals surface area (Å²) in [4.78, 5) is 0. The summed E-state index contributed by atoms with van der Waals surface area (Å²) in [5, 5.41) is 0. The first-order chi connectivity index (χ1) is 17.5. The molecule has 0 aromatic carbocycles. The van der Waals surface area contributed by atoms with Crippen LogP contribution >= 0.6 is 0 Å². The van der Waals surface area contributed by atoms with Gasteiger partial charge in [0.05, 0.1) is 0 Å². The van der Waals surface area contributed by atoms with Gasteiger partial charge in [-0.1, -0.05) is 0 Å². The maximum atomic E-state index is 14.5. The Morgan fingerprint density at radius 2 is 0.778 bits per heavy atom. The Labute approximate surface area is 224 Å². The van der Waals surface area contributed by atoms with Crippen molar-refractivity contribution in [3.05, 3.63) is 94.2 Å². The van der Waals surface area contributed by atoms with E-state index in [9.17, 15) is 3.32 Å². The van der Waals surface area contributed by atoms with Crippen molar-refractivity contribution in [1.82, 2.24) is 0 Å². The van der Waals surface area contributed by atoms with E-state index in [4.69, 9.17) is 6.64 Å². The van der Waals surface area contributed by atoms with Crippen LogP contribution in [0.25, 0.3) is 0 Å². The van der Waals surface area contributed by atoms with E-state index in [1.807, 2.05) is 24.3 Å². The van der Waals surface area contributed by atoms with Crippen LogP contribution in [-0.4, -0.2) is 0 Å². The molecule has 0 saturated carbocycles. The summed E-state index contributed by atoms with van der Waals surface area (Å²) in [5.41, 5.74) is 0. The van der Waals surface area contributed by atoms with Gasteiger partial charge in [0.25, 0.3) is 0 Å². The van der Waals surface area contributed by atoms with Crippen LogP contribution in [0.1, 0.15) is 105 Å². The second-order valence-electron chi connectivity index (χ2n) is 9.02. The van der Waals surface area contributed by atoms with Crippen molar-refractivity contribution in [2.75, 3.05) is 0 Å². The number of unbranched alkanes of at least 4 members (excludes halogenated alkanes) is 8. The molecule has 0 atom stereocenters. The van der Waals surface area contributed by atoms with E-state index in [-0.39, 0.29) is 0 Å². The second-order valence-corrected chi connectivity index (χ2v) is 14.3. The number of hydrogen-bond donors (Lipinski definition) is 0. The van der Waals surface area contributed by atoms with Gasteiger partial charge in [-0.05, 0) is 0 Å². The van der Waals surface area contributed by atoms with Crippen LogP contribution in [0.3, 0.4) is 0 Å². The summed E-state index contributed by atoms with van der Waals surface area (Å²) in [7, 11) is 0. The normalized spacial score (nSPS) is 14.0. The van der Waals surface area contributed by atoms with Crippen LogP contribution in [0.2, 0.25) is 0 Å². The maximum absolute atomic E-state index is 14.5. The van der Waals surface area contributed by atoms with Crippen LogP contribution in [0.15, 0.2) is 94.2 Å². The molecule has 0 rings (SSSR count). The second kappa shape index (κ2) is 23.4. The molecule has 0 heterocycles. The summed E-state index contributed by atoms with van der Waals surface area (Å²) < 4.78 is 29.7. The SMILES string of the molecule is CCCCC=CC=C[O][Ti](=[O])([CH]=CC=CCCCC)([CH]=CC=CCCCC)[O]C=CC=CCCCC. The topological polar surface area (TPSA) is 35.5 Å². The molecular weight excluding hydrogens is 480 g/mol. The predicted molar refractivity (Wildman–Crippen MR) is 154 cm³/mol. The van der Waals surface area contributed by atoms with E-state index >= 15 is 0 Å². The molecule has 4 heteroatoms. The van der Waals surface area contributed by atoms with Crippen molar-refractivity contribution in [1.29, 1.82) is 0 Å². The summed E-state index contributed by atoms with van der Waals surface area (Å²) in [6.45, 7) is 8.69. The van der Waals surface area contributed by atoms with Crippen LogP contribution in [0.5, 0.6) is 0 Å². The minimum absolute atomic E-state index is 0.991. The van der Waals surface area contributed by atoms with Gasteiger partial charge < -0.3 is 0 Å². The van der Waals surface area contributed by atoms with Crippen molar-refractivity contribution < 1.29 is 26.0 Å². The first kappa shape index (κ1) is 34.0. The number of hydrogen-bond acceptors (Lipinski definition) is 3. The molecule has 0 aromatic rings. The molecule has 0 aliphatic rings. The zero-order valence-electron chi connectivity index (χ0n) is 23.4. The predicted octanol–water partition coefficient (Wildman–Crippen LogP) is 10.9. The van der Waals surface area contributed by atoms with Gasteiger partial charge >= 0.3 is 225 Å². The summed E-state index contributed by atoms with van der Waals surface area (Å²) >= 11 is -5.37. The molecule has 0 aliphatic heterocycles. The third kappa shape index (κ3) is 19.3. The molecule has 0 saturated heterocycles. The van der Waals surface area contributed by atoms with E-state index in [2.05, 4.69) is 52.0 Å². The molecule has 0 aliphatic carbocycles. The van der Waals surface area contributed by atoms with Crippen molar-refractivity contribution in [3.8, 4) is 0 Å². The zero-order valence-corrected chi connectivity index (χ0v) is 25.0. The van der Waals surface area contributed by atoms with Gasteiger partial charge in [-0.15, -0.1) is 0 Å². The minimum atomic E-state index is -5.37. The molecular formula is C32H52O3Ti. The van der Waals surface area contributed by atoms with Gasteiger partial charge in [0.1, 0.15) is 0 Å². The Kier molecular flexibility index (Phi) is 22.2. The number of allylic oxidation sites excluding steroid dienone is 12. The fourth-order valence-electron chi connectivity index (χ4n) is 3.12. The van der Waals surface area contributed by atoms with E-state index in [0.29, 0.717) is 0 Å². The van der Waals surface area contributed by atoms with Gasteiger partial charge in [0, 0.05) is 0 Å². The molecule has 36 heavy (non-hydrogen) atoms. The Hall–Kier alpha value is -1.97. The molecule has 0 spiro atoms. The third-order valence-electron chi connectivity index (χ3n) is 5.44. The van der Waals surface area contributed by atoms with Gasteiger partial charge in [-0.3, -0.25) is 0 Å². The standard InChI is InChI=1S/2C8H14O.2C8H13.O.Ti/c2*1-2-3-4-5-6-7-8-9;2*1-3-5-7-8-6-4-2;;/h2*5-9H,2-4H2,1H3;2*1,3,5,7H,4,6,8H2,2H3;;/q;;;;;+2/p-2. The Bertz CT molecular complexity index is 754. The van der Waals surface area contributed by atoms with Crippen LogP contribution in [0, 0.1) is 0 Å². The third-order valence-corrected chi connectivity index (χ3v) is 9.79. The first-order valence-corrected chi connectivity index (χ1v) is 17.8. The van der Waals surface area contributed by atoms with Crippen molar-refractivity contribution in [2.24, 2.45) is 0 Å². The van der Waals surface area contributed by atoms with Gasteiger partial charge in [-0.25, -0.2) is 0 Å². The summed E-state index contributed by atoms with van der Waals surface area (Å²) in [6, 6.07) is 0. The van der Waals surface area contributed by atoms with Gasteiger partial charge in [0.2, 0.25) is 0 Å². The van der Waals surface area contributed by atoms with E-state index in [0.717, 1.165) is 77.0 Å². The molecule has 0 N–H and O–H groups in total. The summed E-state index contributed by atoms with van der Waals surface area (Å²) in [5.74, 6) is 0. The molecule has 0 radical (unpaired) electrons. The molecule has 0 amide bonds. The molecule has 202 valence electrons. The molecule has 3 nitrogen and oxygen atoms in total. The van der Waals surface area contributed by atoms with E-state index < -0.39 is 16.1 Å². The monoisotopic (exact) mass is 532 g/mol. The molecule has 0 fully saturated rings. The van der Waals surface area contributed by atoms with Crippen LogP contribution in [-0.2, 0) is 26.0 Å². The van der Waals surface area contributed by atoms with E-state index in [1.165, 1.54) is 12.5 Å². The Balaban J connectivity index is 5.90. The van der Waals surface area contributed by atoms with E-state index in [1.54, 1.807) is 33.1 Å². The van der Waals surface area contributed by atoms with Crippen molar-refractivity contribution in [3.63, 3.8) is 0 Å². The Morgan fingerprint density at radius 3 is 1.08 bits per heavy atom. The van der Waals surface area contributed by atoms with Crippen LogP contribution in [0.4, 0.5) is 0 Å². The summed E-state index contributed by atoms with van der Waals surface area (Å²) in [6.07, 6.45) is 39.4. The molecule has 0 aromatic heterocycles. The molecule has 0 unspecified atom stereocenters. The average Bonchev–Trinajstić information content (AvgIpc) is 2.87. The quantitative estimate of drug-likeness (QED) is 0.0602. The average molecular weight is 533 g/mol. The molecule has 0 bridgehead atoms. The number of rotatable bonds is 22. The Morgan fingerprint density at radius 1 is 0.472 bits per heavy atom. The fraction of sp³-hybridized carbons (Fsp3) is 0.500. The zero-order chi connectivity index (χ0) is 26.7. The first-order valence-electron chi connectivity index (χ1n) is 14.1. The van der Waals surface area contributed by atoms with Crippen molar-refractivity contribution >= 4 is 0 Å². The van der Waals surface area contributed by atoms with Crippen molar-refractivity contribution in [2.45, 2.75) is 105 Å².